The summed E-state index contributed by atoms with van der Waals surface area (Å²) < 4.78 is 13.3. The molecule has 0 aromatic rings. The van der Waals surface area contributed by atoms with Crippen LogP contribution in [0, 0.1) is 0 Å². The van der Waals surface area contributed by atoms with Gasteiger partial charge in [0.1, 0.15) is 6.10 Å². The molecule has 8 heteroatoms. The molecule has 2 N–H and O–H groups in total. The zero-order valence-corrected chi connectivity index (χ0v) is 9.53. The number of aliphatic hydroxyl groups excluding tert-OH is 2. The van der Waals surface area contributed by atoms with E-state index in [1.807, 2.05) is 0 Å². The Hall–Kier alpha value is 0.653. The van der Waals surface area contributed by atoms with Gasteiger partial charge in [0.05, 0.1) is 21.0 Å². The van der Waals surface area contributed by atoms with Crippen LogP contribution in [0.5, 0.6) is 0 Å². The van der Waals surface area contributed by atoms with E-state index in [1.54, 1.807) is 0 Å². The van der Waals surface area contributed by atoms with E-state index in [1.165, 1.54) is 0 Å². The van der Waals surface area contributed by atoms with E-state index >= 15 is 0 Å². The molecule has 0 amide bonds. The van der Waals surface area contributed by atoms with Crippen molar-refractivity contribution in [3.8, 4) is 0 Å². The van der Waals surface area contributed by atoms with Gasteiger partial charge in [-0.2, -0.15) is 0 Å². The van der Waals surface area contributed by atoms with Crippen molar-refractivity contribution in [2.75, 3.05) is 13.2 Å². The monoisotopic (exact) mass is 234 g/mol. The van der Waals surface area contributed by atoms with Crippen LogP contribution in [-0.2, 0) is 28.6 Å². The average Bonchev–Trinajstić information content (AvgIpc) is 1.81. The molecule has 0 aromatic carbocycles. The van der Waals surface area contributed by atoms with E-state index in [0.29, 0.717) is 0 Å². The summed E-state index contributed by atoms with van der Waals surface area (Å²) in [6.07, 6.45) is -1.32. The van der Waals surface area contributed by atoms with Crippen LogP contribution in [-0.4, -0.2) is 29.5 Å². The van der Waals surface area contributed by atoms with Crippen molar-refractivity contribution in [3.63, 3.8) is 0 Å². The minimum Gasteiger partial charge on any atom is -0.790 e. The largest absolute Gasteiger partial charge is 2.00 e. The molecule has 1 unspecified atom stereocenters. The topological polar surface area (TPSA) is 113 Å². The van der Waals surface area contributed by atoms with E-state index in [4.69, 9.17) is 10.2 Å². The molecule has 0 saturated heterocycles. The zero-order chi connectivity index (χ0) is 8.20. The summed E-state index contributed by atoms with van der Waals surface area (Å²) in [6, 6.07) is 0. The third-order valence-corrected chi connectivity index (χ3v) is 1.10. The third kappa shape index (κ3) is 10.7. The fraction of sp³-hybridized carbons (Fsp3) is 1.00. The van der Waals surface area contributed by atoms with Crippen molar-refractivity contribution in [2.24, 2.45) is 0 Å². The van der Waals surface area contributed by atoms with Crippen LogP contribution in [0.1, 0.15) is 0 Å². The zero-order valence-electron chi connectivity index (χ0n) is 5.67. The van der Waals surface area contributed by atoms with Crippen molar-refractivity contribution < 1.29 is 48.6 Å². The van der Waals surface area contributed by atoms with Crippen molar-refractivity contribution in [1.29, 1.82) is 0 Å². The Morgan fingerprint density at radius 2 is 2.00 bits per heavy atom. The minimum absolute atomic E-state index is 0. The molecule has 0 spiro atoms. The minimum atomic E-state index is -5.00. The standard InChI is InChI=1S/C3H9O6P.Zn/c4-1-3(5)2-9-10(6,7)8;/h3-5H,1-2H2,(H2,6,7,8);/q;+2/p-2. The summed E-state index contributed by atoms with van der Waals surface area (Å²) >= 11 is 0. The molecule has 0 saturated carbocycles. The Morgan fingerprint density at radius 3 is 2.27 bits per heavy atom. The second-order valence-corrected chi connectivity index (χ2v) is 2.73. The predicted molar refractivity (Wildman–Crippen MR) is 26.7 cm³/mol. The number of hydrogen-bond donors (Lipinski definition) is 2. The molecule has 0 radical (unpaired) electrons. The molecule has 1 atom stereocenters. The first-order valence-electron chi connectivity index (χ1n) is 2.41. The van der Waals surface area contributed by atoms with Gasteiger partial charge in [0.2, 0.25) is 0 Å². The van der Waals surface area contributed by atoms with Gasteiger partial charge in [-0.25, -0.2) is 0 Å². The van der Waals surface area contributed by atoms with Gasteiger partial charge < -0.3 is 29.1 Å². The molecule has 0 aliphatic carbocycles. The fourth-order valence-corrected chi connectivity index (χ4v) is 0.585. The summed E-state index contributed by atoms with van der Waals surface area (Å²) in [5.74, 6) is 0. The molecule has 62 valence electrons. The molecule has 0 heterocycles. The number of phosphoric acid groups is 1. The second-order valence-electron chi connectivity index (χ2n) is 1.58. The van der Waals surface area contributed by atoms with Crippen molar-refractivity contribution in [1.82, 2.24) is 0 Å². The molecule has 11 heavy (non-hydrogen) atoms. The van der Waals surface area contributed by atoms with Gasteiger partial charge >= 0.3 is 19.5 Å². The smallest absolute Gasteiger partial charge is 0.790 e. The molecule has 0 aromatic heterocycles. The van der Waals surface area contributed by atoms with Gasteiger partial charge in [0.25, 0.3) is 0 Å². The van der Waals surface area contributed by atoms with Gasteiger partial charge in [-0.05, 0) is 0 Å². The SMILES string of the molecule is O=P([O-])([O-])OCC(O)CO.[Zn+2]. The Bertz CT molecular complexity index is 134. The van der Waals surface area contributed by atoms with Gasteiger partial charge in [0.15, 0.2) is 0 Å². The first kappa shape index (κ1) is 14.2. The van der Waals surface area contributed by atoms with Gasteiger partial charge in [-0.15, -0.1) is 0 Å². The summed E-state index contributed by atoms with van der Waals surface area (Å²) in [5.41, 5.74) is 0. The molecule has 0 aliphatic rings. The first-order chi connectivity index (χ1) is 4.45. The van der Waals surface area contributed by atoms with Crippen LogP contribution < -0.4 is 9.79 Å². The van der Waals surface area contributed by atoms with E-state index in [0.717, 1.165) is 0 Å². The third-order valence-electron chi connectivity index (χ3n) is 0.636. The normalized spacial score (nSPS) is 13.8. The van der Waals surface area contributed by atoms with E-state index in [-0.39, 0.29) is 19.5 Å². The quantitative estimate of drug-likeness (QED) is 0.401. The Labute approximate surface area is 76.2 Å². The van der Waals surface area contributed by atoms with Crippen LogP contribution in [0.3, 0.4) is 0 Å². The summed E-state index contributed by atoms with van der Waals surface area (Å²) in [4.78, 5) is 19.4. The average molecular weight is 235 g/mol. The Morgan fingerprint density at radius 1 is 1.55 bits per heavy atom. The molecule has 0 bridgehead atoms. The maximum Gasteiger partial charge on any atom is 2.00 e. The molecular weight excluding hydrogens is 228 g/mol. The van der Waals surface area contributed by atoms with E-state index in [2.05, 4.69) is 4.52 Å². The summed E-state index contributed by atoms with van der Waals surface area (Å²) in [5, 5.41) is 16.6. The van der Waals surface area contributed by atoms with Gasteiger partial charge in [-0.3, -0.25) is 0 Å². The number of hydrogen-bond acceptors (Lipinski definition) is 6. The molecule has 0 aliphatic heterocycles. The summed E-state index contributed by atoms with van der Waals surface area (Å²) in [6.45, 7) is -1.33. The van der Waals surface area contributed by atoms with E-state index < -0.39 is 27.1 Å². The van der Waals surface area contributed by atoms with Crippen LogP contribution >= 0.6 is 7.82 Å². The molecule has 0 rings (SSSR count). The van der Waals surface area contributed by atoms with Crippen molar-refractivity contribution in [3.05, 3.63) is 0 Å². The number of rotatable bonds is 4. The molecular formula is C3H7O6PZn. The Kier molecular flexibility index (Phi) is 8.00. The van der Waals surface area contributed by atoms with E-state index in [9.17, 15) is 14.4 Å². The van der Waals surface area contributed by atoms with Crippen LogP contribution in [0.25, 0.3) is 0 Å². The Balaban J connectivity index is 0. The maximum atomic E-state index is 9.71. The number of aliphatic hydroxyl groups is 2. The van der Waals surface area contributed by atoms with Crippen molar-refractivity contribution in [2.45, 2.75) is 6.10 Å². The fourth-order valence-electron chi connectivity index (χ4n) is 0.230. The van der Waals surface area contributed by atoms with Gasteiger partial charge in [0, 0.05) is 0 Å². The molecule has 0 fully saturated rings. The predicted octanol–water partition coefficient (Wildman–Crippen LogP) is -2.82. The summed E-state index contributed by atoms with van der Waals surface area (Å²) in [7, 11) is -5.00. The van der Waals surface area contributed by atoms with Gasteiger partial charge in [-0.1, -0.05) is 0 Å². The van der Waals surface area contributed by atoms with Crippen LogP contribution in [0.15, 0.2) is 0 Å². The van der Waals surface area contributed by atoms with Crippen LogP contribution in [0.2, 0.25) is 0 Å². The first-order valence-corrected chi connectivity index (χ1v) is 3.87. The number of phosphoric ester groups is 1. The molecule has 6 nitrogen and oxygen atoms in total. The van der Waals surface area contributed by atoms with Crippen LogP contribution in [0.4, 0.5) is 0 Å². The second kappa shape index (κ2) is 6.20. The maximum absolute atomic E-state index is 9.71. The van der Waals surface area contributed by atoms with Crippen molar-refractivity contribution >= 4 is 7.82 Å².